The van der Waals surface area contributed by atoms with Crippen LogP contribution in [-0.4, -0.2) is 31.6 Å². The van der Waals surface area contributed by atoms with Crippen molar-refractivity contribution in [3.8, 4) is 0 Å². The molecule has 0 radical (unpaired) electrons. The molecule has 2 nitrogen and oxygen atoms in total. The van der Waals surface area contributed by atoms with Crippen molar-refractivity contribution in [2.24, 2.45) is 5.41 Å². The molecule has 1 aliphatic rings. The van der Waals surface area contributed by atoms with E-state index >= 15 is 0 Å². The van der Waals surface area contributed by atoms with E-state index in [0.717, 1.165) is 10.9 Å². The van der Waals surface area contributed by atoms with Gasteiger partial charge >= 0.3 is 0 Å². The van der Waals surface area contributed by atoms with E-state index < -0.39 is 0 Å². The van der Waals surface area contributed by atoms with Crippen molar-refractivity contribution >= 4 is 22.9 Å². The van der Waals surface area contributed by atoms with E-state index in [1.54, 1.807) is 11.3 Å². The van der Waals surface area contributed by atoms with Crippen LogP contribution in [0.15, 0.2) is 12.1 Å². The van der Waals surface area contributed by atoms with Crippen LogP contribution in [0.2, 0.25) is 4.34 Å². The fraction of sp³-hybridized carbons (Fsp3) is 0.714. The van der Waals surface area contributed by atoms with Crippen LogP contribution in [0.5, 0.6) is 0 Å². The van der Waals surface area contributed by atoms with Crippen molar-refractivity contribution in [2.75, 3.05) is 26.7 Å². The third kappa shape index (κ3) is 3.70. The van der Waals surface area contributed by atoms with E-state index in [2.05, 4.69) is 30.3 Å². The number of thiophene rings is 1. The molecular weight excluding hydrogens is 264 g/mol. The highest BCUT2D eigenvalue weighted by Gasteiger charge is 2.33. The maximum absolute atomic E-state index is 5.98. The van der Waals surface area contributed by atoms with Crippen molar-refractivity contribution in [2.45, 2.75) is 32.7 Å². The van der Waals surface area contributed by atoms with E-state index in [1.165, 1.54) is 43.8 Å². The number of nitrogens with one attached hydrogen (secondary N) is 1. The Balaban J connectivity index is 1.90. The maximum atomic E-state index is 5.98. The summed E-state index contributed by atoms with van der Waals surface area (Å²) in [7, 11) is 2.23. The number of hydrogen-bond acceptors (Lipinski definition) is 3. The molecule has 1 N–H and O–H groups in total. The van der Waals surface area contributed by atoms with Crippen LogP contribution in [0.25, 0.3) is 0 Å². The predicted octanol–water partition coefficient (Wildman–Crippen LogP) is 3.61. The first kappa shape index (κ1) is 14.3. The van der Waals surface area contributed by atoms with Crippen LogP contribution in [-0.2, 0) is 6.54 Å². The van der Waals surface area contributed by atoms with Gasteiger partial charge in [0.05, 0.1) is 4.34 Å². The van der Waals surface area contributed by atoms with E-state index in [-0.39, 0.29) is 0 Å². The van der Waals surface area contributed by atoms with E-state index in [9.17, 15) is 0 Å². The molecule has 1 fully saturated rings. The van der Waals surface area contributed by atoms with Gasteiger partial charge < -0.3 is 10.2 Å². The lowest BCUT2D eigenvalue weighted by atomic mass is 9.82. The molecule has 2 rings (SSSR count). The molecule has 1 saturated heterocycles. The first-order valence-corrected chi connectivity index (χ1v) is 7.96. The van der Waals surface area contributed by atoms with Gasteiger partial charge in [-0.1, -0.05) is 24.9 Å². The normalized spacial score (nSPS) is 24.0. The monoisotopic (exact) mass is 286 g/mol. The largest absolute Gasteiger partial charge is 0.316 e. The lowest BCUT2D eigenvalue weighted by molar-refractivity contribution is 0.173. The molecule has 1 atom stereocenters. The lowest BCUT2D eigenvalue weighted by Crippen LogP contribution is -2.37. The molecule has 1 aromatic rings. The van der Waals surface area contributed by atoms with E-state index in [1.807, 2.05) is 6.07 Å². The average molecular weight is 287 g/mol. The first-order valence-electron chi connectivity index (χ1n) is 6.77. The highest BCUT2D eigenvalue weighted by atomic mass is 35.5. The Bertz CT molecular complexity index is 372. The summed E-state index contributed by atoms with van der Waals surface area (Å²) in [5.74, 6) is 0. The smallest absolute Gasteiger partial charge is 0.0931 e. The van der Waals surface area contributed by atoms with Crippen molar-refractivity contribution in [1.82, 2.24) is 10.2 Å². The number of hydrogen-bond donors (Lipinski definition) is 1. The zero-order valence-electron chi connectivity index (χ0n) is 11.3. The molecule has 18 heavy (non-hydrogen) atoms. The van der Waals surface area contributed by atoms with E-state index in [0.29, 0.717) is 5.41 Å². The van der Waals surface area contributed by atoms with Gasteiger partial charge in [0.1, 0.15) is 0 Å². The Labute approximate surface area is 119 Å². The number of nitrogens with zero attached hydrogens (tertiary/aromatic N) is 1. The van der Waals surface area contributed by atoms with Crippen LogP contribution in [0, 0.1) is 5.41 Å². The molecular formula is C14H23ClN2S. The molecule has 1 aromatic heterocycles. The highest BCUT2D eigenvalue weighted by Crippen LogP contribution is 2.32. The molecule has 2 heterocycles. The van der Waals surface area contributed by atoms with Crippen LogP contribution < -0.4 is 5.32 Å². The summed E-state index contributed by atoms with van der Waals surface area (Å²) >= 11 is 7.68. The topological polar surface area (TPSA) is 15.3 Å². The molecule has 0 aliphatic carbocycles. The first-order chi connectivity index (χ1) is 8.63. The maximum Gasteiger partial charge on any atom is 0.0931 e. The highest BCUT2D eigenvalue weighted by molar-refractivity contribution is 7.16. The zero-order valence-corrected chi connectivity index (χ0v) is 12.9. The van der Waals surface area contributed by atoms with Gasteiger partial charge in [-0.25, -0.2) is 0 Å². The Morgan fingerprint density at radius 3 is 2.89 bits per heavy atom. The molecule has 1 unspecified atom stereocenters. The third-order valence-electron chi connectivity index (χ3n) is 3.77. The van der Waals surface area contributed by atoms with Crippen LogP contribution in [0.1, 0.15) is 31.1 Å². The summed E-state index contributed by atoms with van der Waals surface area (Å²) in [6, 6.07) is 4.14. The second kappa shape index (κ2) is 6.38. The lowest BCUT2D eigenvalue weighted by Gasteiger charge is -2.32. The van der Waals surface area contributed by atoms with Gasteiger partial charge in [-0.15, -0.1) is 11.3 Å². The zero-order chi connectivity index (χ0) is 13.0. The Morgan fingerprint density at radius 1 is 1.50 bits per heavy atom. The van der Waals surface area contributed by atoms with Gasteiger partial charge in [-0.05, 0) is 44.0 Å². The van der Waals surface area contributed by atoms with Gasteiger partial charge in [-0.3, -0.25) is 0 Å². The molecule has 0 aromatic carbocycles. The molecule has 0 saturated carbocycles. The Kier molecular flexibility index (Phi) is 5.07. The summed E-state index contributed by atoms with van der Waals surface area (Å²) in [5, 5.41) is 3.53. The minimum atomic E-state index is 0.491. The fourth-order valence-corrected chi connectivity index (χ4v) is 4.25. The van der Waals surface area contributed by atoms with Gasteiger partial charge in [-0.2, -0.15) is 0 Å². The predicted molar refractivity (Wildman–Crippen MR) is 80.5 cm³/mol. The van der Waals surface area contributed by atoms with Gasteiger partial charge in [0.25, 0.3) is 0 Å². The summed E-state index contributed by atoms with van der Waals surface area (Å²) in [6.07, 6.45) is 3.92. The summed E-state index contributed by atoms with van der Waals surface area (Å²) in [4.78, 5) is 3.81. The van der Waals surface area contributed by atoms with Crippen molar-refractivity contribution in [3.05, 3.63) is 21.3 Å². The molecule has 4 heteroatoms. The fourth-order valence-electron chi connectivity index (χ4n) is 3.08. The minimum absolute atomic E-state index is 0.491. The van der Waals surface area contributed by atoms with Gasteiger partial charge in [0.2, 0.25) is 0 Å². The average Bonchev–Trinajstić information content (AvgIpc) is 2.89. The van der Waals surface area contributed by atoms with Crippen LogP contribution >= 0.6 is 22.9 Å². The summed E-state index contributed by atoms with van der Waals surface area (Å²) in [5.41, 5.74) is 0.491. The summed E-state index contributed by atoms with van der Waals surface area (Å²) < 4.78 is 0.893. The molecule has 1 aliphatic heterocycles. The summed E-state index contributed by atoms with van der Waals surface area (Å²) in [6.45, 7) is 6.85. The Hall–Kier alpha value is -0.0900. The molecule has 0 spiro atoms. The van der Waals surface area contributed by atoms with Crippen LogP contribution in [0.4, 0.5) is 0 Å². The number of halogens is 1. The molecule has 102 valence electrons. The SMILES string of the molecule is CCCC1(CN(C)Cc2ccc(Cl)s2)CCNC1. The minimum Gasteiger partial charge on any atom is -0.316 e. The van der Waals surface area contributed by atoms with Crippen molar-refractivity contribution in [1.29, 1.82) is 0 Å². The van der Waals surface area contributed by atoms with Gasteiger partial charge in [0.15, 0.2) is 0 Å². The number of rotatable bonds is 6. The van der Waals surface area contributed by atoms with E-state index in [4.69, 9.17) is 11.6 Å². The second-order valence-electron chi connectivity index (χ2n) is 5.55. The quantitative estimate of drug-likeness (QED) is 0.859. The molecule has 0 bridgehead atoms. The van der Waals surface area contributed by atoms with Crippen LogP contribution in [0.3, 0.4) is 0 Å². The van der Waals surface area contributed by atoms with Crippen molar-refractivity contribution in [3.63, 3.8) is 0 Å². The van der Waals surface area contributed by atoms with Crippen molar-refractivity contribution < 1.29 is 0 Å². The third-order valence-corrected chi connectivity index (χ3v) is 4.99. The van der Waals surface area contributed by atoms with Gasteiger partial charge in [0, 0.05) is 24.5 Å². The Morgan fingerprint density at radius 2 is 2.33 bits per heavy atom. The standard InChI is InChI=1S/C14H23ClN2S/c1-3-6-14(7-8-16-10-14)11-17(2)9-12-4-5-13(15)18-12/h4-5,16H,3,6-11H2,1-2H3. The second-order valence-corrected chi connectivity index (χ2v) is 7.35. The molecule has 0 amide bonds.